The summed E-state index contributed by atoms with van der Waals surface area (Å²) < 4.78 is 8.03. The maximum Gasteiger partial charge on any atom is 0.420 e. The number of para-hydroxylation sites is 2. The summed E-state index contributed by atoms with van der Waals surface area (Å²) >= 11 is 0. The van der Waals surface area contributed by atoms with Crippen LogP contribution in [0.1, 0.15) is 0 Å². The van der Waals surface area contributed by atoms with Crippen molar-refractivity contribution in [3.8, 4) is 5.82 Å². The number of nitrogens with zero attached hydrogens (tertiary/aromatic N) is 5. The molecule has 0 fully saturated rings. The second-order valence-corrected chi connectivity index (χ2v) is 5.93. The molecular formula is C18H17N7O3. The van der Waals surface area contributed by atoms with Crippen molar-refractivity contribution in [1.82, 2.24) is 29.9 Å². The monoisotopic (exact) mass is 379 g/mol. The third-order valence-electron chi connectivity index (χ3n) is 4.02. The van der Waals surface area contributed by atoms with Crippen LogP contribution in [0.5, 0.6) is 0 Å². The summed E-state index contributed by atoms with van der Waals surface area (Å²) in [5.74, 6) is 0.362. The minimum atomic E-state index is -0.554. The Hall–Kier alpha value is -3.95. The lowest BCUT2D eigenvalue weighted by molar-refractivity contribution is -0.121. The normalized spacial score (nSPS) is 10.9. The summed E-state index contributed by atoms with van der Waals surface area (Å²) in [4.78, 5) is 24.0. The molecule has 0 radical (unpaired) electrons. The van der Waals surface area contributed by atoms with Crippen molar-refractivity contribution in [2.24, 2.45) is 0 Å². The van der Waals surface area contributed by atoms with Crippen LogP contribution in [-0.4, -0.2) is 43.5 Å². The molecule has 28 heavy (non-hydrogen) atoms. The first kappa shape index (κ1) is 17.5. The minimum Gasteiger partial charge on any atom is -0.408 e. The Labute approximate surface area is 158 Å². The number of aromatic nitrogens is 5. The van der Waals surface area contributed by atoms with Gasteiger partial charge in [-0.15, -0.1) is 10.2 Å². The maximum absolute atomic E-state index is 12.1. The Bertz CT molecular complexity index is 1130. The van der Waals surface area contributed by atoms with Crippen LogP contribution in [0.4, 0.5) is 5.82 Å². The molecule has 2 N–H and O–H groups in total. The lowest BCUT2D eigenvalue weighted by atomic mass is 10.3. The number of benzene rings is 1. The molecule has 0 unspecified atom stereocenters. The Morgan fingerprint density at radius 3 is 2.75 bits per heavy atom. The Kier molecular flexibility index (Phi) is 4.83. The molecule has 0 aliphatic carbocycles. The average molecular weight is 379 g/mol. The standard InChI is InChI=1S/C18H17N7O3/c26-17(12-24-13-4-1-2-5-14(13)28-18(24)27)20-10-9-19-15-6-7-16(23-22-15)25-11-3-8-21-25/h1-8,11H,9-10,12H2,(H,19,22)(H,20,26). The highest BCUT2D eigenvalue weighted by molar-refractivity contribution is 5.79. The van der Waals surface area contributed by atoms with Crippen LogP contribution in [0.15, 0.2) is 64.1 Å². The van der Waals surface area contributed by atoms with Crippen LogP contribution < -0.4 is 16.4 Å². The SMILES string of the molecule is O=C(Cn1c(=O)oc2ccccc21)NCCNc1ccc(-n2cccn2)nn1. The fourth-order valence-corrected chi connectivity index (χ4v) is 2.70. The van der Waals surface area contributed by atoms with Gasteiger partial charge in [0.1, 0.15) is 12.4 Å². The molecule has 4 aromatic rings. The van der Waals surface area contributed by atoms with Crippen molar-refractivity contribution < 1.29 is 9.21 Å². The minimum absolute atomic E-state index is 0.103. The molecular weight excluding hydrogens is 362 g/mol. The van der Waals surface area contributed by atoms with E-state index in [9.17, 15) is 9.59 Å². The quantitative estimate of drug-likeness (QED) is 0.456. The molecule has 10 nitrogen and oxygen atoms in total. The van der Waals surface area contributed by atoms with Gasteiger partial charge in [-0.25, -0.2) is 9.48 Å². The Morgan fingerprint density at radius 2 is 1.96 bits per heavy atom. The van der Waals surface area contributed by atoms with E-state index in [1.165, 1.54) is 4.57 Å². The van der Waals surface area contributed by atoms with Gasteiger partial charge in [-0.2, -0.15) is 5.10 Å². The zero-order valence-electron chi connectivity index (χ0n) is 14.8. The van der Waals surface area contributed by atoms with E-state index >= 15 is 0 Å². The second-order valence-electron chi connectivity index (χ2n) is 5.93. The number of oxazole rings is 1. The van der Waals surface area contributed by atoms with Gasteiger partial charge < -0.3 is 15.1 Å². The maximum atomic E-state index is 12.1. The molecule has 0 aliphatic heterocycles. The molecule has 4 rings (SSSR count). The molecule has 142 valence electrons. The predicted molar refractivity (Wildman–Crippen MR) is 101 cm³/mol. The Morgan fingerprint density at radius 1 is 1.07 bits per heavy atom. The van der Waals surface area contributed by atoms with Gasteiger partial charge in [0.2, 0.25) is 5.91 Å². The molecule has 10 heteroatoms. The van der Waals surface area contributed by atoms with Gasteiger partial charge >= 0.3 is 5.76 Å². The average Bonchev–Trinajstić information content (AvgIpc) is 3.35. The molecule has 0 bridgehead atoms. The highest BCUT2D eigenvalue weighted by atomic mass is 16.4. The fraction of sp³-hybridized carbons (Fsp3) is 0.167. The van der Waals surface area contributed by atoms with Crippen LogP contribution in [0.25, 0.3) is 16.9 Å². The lowest BCUT2D eigenvalue weighted by Gasteiger charge is -2.08. The first-order valence-corrected chi connectivity index (χ1v) is 8.63. The van der Waals surface area contributed by atoms with Crippen LogP contribution >= 0.6 is 0 Å². The largest absolute Gasteiger partial charge is 0.420 e. The summed E-state index contributed by atoms with van der Waals surface area (Å²) in [5, 5.41) is 18.0. The van der Waals surface area contributed by atoms with Crippen molar-refractivity contribution in [2.75, 3.05) is 18.4 Å². The summed E-state index contributed by atoms with van der Waals surface area (Å²) in [5.41, 5.74) is 1.05. The van der Waals surface area contributed by atoms with E-state index in [0.717, 1.165) is 0 Å². The third kappa shape index (κ3) is 3.75. The Balaban J connectivity index is 1.26. The molecule has 0 aliphatic rings. The van der Waals surface area contributed by atoms with E-state index < -0.39 is 5.76 Å². The van der Waals surface area contributed by atoms with E-state index in [1.54, 1.807) is 59.5 Å². The number of hydrogen-bond acceptors (Lipinski definition) is 7. The van der Waals surface area contributed by atoms with Gasteiger partial charge in [0.15, 0.2) is 11.4 Å². The molecule has 0 saturated heterocycles. The highest BCUT2D eigenvalue weighted by Crippen LogP contribution is 2.11. The highest BCUT2D eigenvalue weighted by Gasteiger charge is 2.11. The molecule has 0 saturated carbocycles. The topological polar surface area (TPSA) is 120 Å². The van der Waals surface area contributed by atoms with Crippen molar-refractivity contribution in [2.45, 2.75) is 6.54 Å². The van der Waals surface area contributed by atoms with Gasteiger partial charge in [-0.3, -0.25) is 9.36 Å². The summed E-state index contributed by atoms with van der Waals surface area (Å²) in [7, 11) is 0. The number of anilines is 1. The second kappa shape index (κ2) is 7.74. The van der Waals surface area contributed by atoms with Gasteiger partial charge in [-0.1, -0.05) is 12.1 Å². The molecule has 0 atom stereocenters. The van der Waals surface area contributed by atoms with Crippen LogP contribution in [0, 0.1) is 0 Å². The number of nitrogens with one attached hydrogen (secondary N) is 2. The van der Waals surface area contributed by atoms with E-state index in [4.69, 9.17) is 4.42 Å². The van der Waals surface area contributed by atoms with Crippen molar-refractivity contribution in [1.29, 1.82) is 0 Å². The molecule has 1 aromatic carbocycles. The molecule has 3 heterocycles. The zero-order chi connectivity index (χ0) is 19.3. The van der Waals surface area contributed by atoms with Crippen LogP contribution in [0.3, 0.4) is 0 Å². The van der Waals surface area contributed by atoms with Gasteiger partial charge in [0, 0.05) is 25.5 Å². The number of fused-ring (bicyclic) bond motifs is 1. The number of hydrogen-bond donors (Lipinski definition) is 2. The zero-order valence-corrected chi connectivity index (χ0v) is 14.8. The fourth-order valence-electron chi connectivity index (χ4n) is 2.70. The summed E-state index contributed by atoms with van der Waals surface area (Å²) in [6, 6.07) is 12.4. The van der Waals surface area contributed by atoms with E-state index in [2.05, 4.69) is 25.9 Å². The van der Waals surface area contributed by atoms with Gasteiger partial charge in [0.25, 0.3) is 0 Å². The summed E-state index contributed by atoms with van der Waals surface area (Å²) in [6.45, 7) is 0.725. The summed E-state index contributed by atoms with van der Waals surface area (Å²) in [6.07, 6.45) is 3.44. The first-order chi connectivity index (χ1) is 13.7. The van der Waals surface area contributed by atoms with Crippen molar-refractivity contribution >= 4 is 22.8 Å². The molecule has 3 aromatic heterocycles. The smallest absolute Gasteiger partial charge is 0.408 e. The van der Waals surface area contributed by atoms with Crippen LogP contribution in [0.2, 0.25) is 0 Å². The number of carbonyl (C=O) groups excluding carboxylic acids is 1. The first-order valence-electron chi connectivity index (χ1n) is 8.63. The number of amides is 1. The van der Waals surface area contributed by atoms with Gasteiger partial charge in [-0.05, 0) is 30.3 Å². The molecule has 1 amide bonds. The van der Waals surface area contributed by atoms with E-state index in [1.807, 2.05) is 0 Å². The van der Waals surface area contributed by atoms with Crippen molar-refractivity contribution in [3.63, 3.8) is 0 Å². The number of carbonyl (C=O) groups is 1. The van der Waals surface area contributed by atoms with E-state index in [0.29, 0.717) is 35.8 Å². The van der Waals surface area contributed by atoms with Crippen LogP contribution in [-0.2, 0) is 11.3 Å². The molecule has 0 spiro atoms. The van der Waals surface area contributed by atoms with E-state index in [-0.39, 0.29) is 12.5 Å². The lowest BCUT2D eigenvalue weighted by Crippen LogP contribution is -2.33. The number of rotatable bonds is 7. The third-order valence-corrected chi connectivity index (χ3v) is 4.02. The predicted octanol–water partition coefficient (Wildman–Crippen LogP) is 0.798. The van der Waals surface area contributed by atoms with Gasteiger partial charge in [0.05, 0.1) is 5.52 Å². The van der Waals surface area contributed by atoms with Crippen molar-refractivity contribution in [3.05, 3.63) is 65.4 Å².